The van der Waals surface area contributed by atoms with Gasteiger partial charge in [-0.25, -0.2) is 8.42 Å². The maximum atomic E-state index is 12.5. The van der Waals surface area contributed by atoms with Gasteiger partial charge in [0.2, 0.25) is 0 Å². The molecule has 0 unspecified atom stereocenters. The molecule has 2 nitrogen and oxygen atoms in total. The summed E-state index contributed by atoms with van der Waals surface area (Å²) >= 11 is 0. The molecule has 1 saturated carbocycles. The first-order valence-electron chi connectivity index (χ1n) is 7.91. The summed E-state index contributed by atoms with van der Waals surface area (Å²) < 4.78 is 25.0. The van der Waals surface area contributed by atoms with E-state index < -0.39 is 9.84 Å². The minimum absolute atomic E-state index is 0.101. The molecule has 1 aromatic rings. The molecular weight excluding hydrogens is 268 g/mol. The first-order chi connectivity index (χ1) is 9.62. The van der Waals surface area contributed by atoms with Crippen LogP contribution in [0.15, 0.2) is 24.3 Å². The number of unbranched alkanes of at least 4 members (excludes halogenated alkanes) is 1. The molecule has 0 heterocycles. The lowest BCUT2D eigenvalue weighted by Gasteiger charge is -2.21. The quantitative estimate of drug-likeness (QED) is 0.785. The maximum absolute atomic E-state index is 12.5. The summed E-state index contributed by atoms with van der Waals surface area (Å²) in [7, 11) is -2.97. The highest BCUT2D eigenvalue weighted by atomic mass is 32.2. The Balaban J connectivity index is 2.04. The van der Waals surface area contributed by atoms with E-state index in [4.69, 9.17) is 0 Å². The molecule has 20 heavy (non-hydrogen) atoms. The van der Waals surface area contributed by atoms with Crippen molar-refractivity contribution in [3.8, 4) is 0 Å². The van der Waals surface area contributed by atoms with E-state index in [9.17, 15) is 8.42 Å². The van der Waals surface area contributed by atoms with E-state index in [1.165, 1.54) is 24.8 Å². The van der Waals surface area contributed by atoms with E-state index in [0.717, 1.165) is 37.7 Å². The summed E-state index contributed by atoms with van der Waals surface area (Å²) in [5.74, 6) is 0.220. The van der Waals surface area contributed by atoms with Gasteiger partial charge in [0.25, 0.3) is 0 Å². The van der Waals surface area contributed by atoms with Crippen molar-refractivity contribution in [1.82, 2.24) is 0 Å². The van der Waals surface area contributed by atoms with Crippen molar-refractivity contribution in [2.24, 2.45) is 0 Å². The molecule has 0 N–H and O–H groups in total. The molecule has 0 aliphatic heterocycles. The summed E-state index contributed by atoms with van der Waals surface area (Å²) in [5, 5.41) is -0.101. The Morgan fingerprint density at radius 1 is 1.10 bits per heavy atom. The average Bonchev–Trinajstić information content (AvgIpc) is 2.46. The Kier molecular flexibility index (Phi) is 5.64. The second kappa shape index (κ2) is 7.26. The zero-order chi connectivity index (χ0) is 14.4. The number of rotatable bonds is 6. The molecular formula is C17H26O2S. The normalized spacial score (nSPS) is 17.2. The van der Waals surface area contributed by atoms with Crippen LogP contribution in [-0.4, -0.2) is 13.7 Å². The number of hydrogen-bond donors (Lipinski definition) is 0. The van der Waals surface area contributed by atoms with E-state index in [1.54, 1.807) is 0 Å². The summed E-state index contributed by atoms with van der Waals surface area (Å²) in [4.78, 5) is 0. The van der Waals surface area contributed by atoms with Crippen LogP contribution >= 0.6 is 0 Å². The van der Waals surface area contributed by atoms with Gasteiger partial charge in [0, 0.05) is 0 Å². The van der Waals surface area contributed by atoms with Gasteiger partial charge in [0.1, 0.15) is 0 Å². The molecule has 0 radical (unpaired) electrons. The molecule has 0 spiro atoms. The molecule has 3 heteroatoms. The summed E-state index contributed by atoms with van der Waals surface area (Å²) in [6.07, 6.45) is 8.44. The minimum atomic E-state index is -2.97. The smallest absolute Gasteiger partial charge is 0.157 e. The van der Waals surface area contributed by atoms with Gasteiger partial charge in [-0.2, -0.15) is 0 Å². The Morgan fingerprint density at radius 2 is 1.80 bits per heavy atom. The Bertz CT molecular complexity index is 514. The van der Waals surface area contributed by atoms with Crippen LogP contribution in [0.25, 0.3) is 0 Å². The van der Waals surface area contributed by atoms with Crippen molar-refractivity contribution in [3.05, 3.63) is 35.4 Å². The van der Waals surface area contributed by atoms with E-state index in [0.29, 0.717) is 0 Å². The van der Waals surface area contributed by atoms with E-state index in [1.807, 2.05) is 12.1 Å². The van der Waals surface area contributed by atoms with Gasteiger partial charge in [-0.05, 0) is 36.8 Å². The molecule has 0 bridgehead atoms. The lowest BCUT2D eigenvalue weighted by molar-refractivity contribution is 0.483. The number of sulfone groups is 1. The molecule has 0 atom stereocenters. The SMILES string of the molecule is CCCCc1cccc(CS(=O)(=O)C2CCCCC2)c1. The van der Waals surface area contributed by atoms with E-state index in [2.05, 4.69) is 19.1 Å². The molecule has 1 aliphatic carbocycles. The molecule has 112 valence electrons. The second-order valence-corrected chi connectivity index (χ2v) is 8.27. The monoisotopic (exact) mass is 294 g/mol. The van der Waals surface area contributed by atoms with Crippen LogP contribution in [-0.2, 0) is 22.0 Å². The zero-order valence-electron chi connectivity index (χ0n) is 12.5. The summed E-state index contributed by atoms with van der Waals surface area (Å²) in [6.45, 7) is 2.18. The highest BCUT2D eigenvalue weighted by Gasteiger charge is 2.27. The topological polar surface area (TPSA) is 34.1 Å². The van der Waals surface area contributed by atoms with E-state index in [-0.39, 0.29) is 11.0 Å². The fourth-order valence-electron chi connectivity index (χ4n) is 3.03. The Labute approximate surface area is 123 Å². The van der Waals surface area contributed by atoms with Crippen molar-refractivity contribution in [2.75, 3.05) is 0 Å². The highest BCUT2D eigenvalue weighted by molar-refractivity contribution is 7.91. The summed E-state index contributed by atoms with van der Waals surface area (Å²) in [6, 6.07) is 8.13. The van der Waals surface area contributed by atoms with E-state index >= 15 is 0 Å². The van der Waals surface area contributed by atoms with Gasteiger partial charge in [-0.1, -0.05) is 56.9 Å². The maximum Gasteiger partial charge on any atom is 0.157 e. The van der Waals surface area contributed by atoms with Crippen LogP contribution in [0.3, 0.4) is 0 Å². The van der Waals surface area contributed by atoms with Crippen LogP contribution in [0.2, 0.25) is 0 Å². The van der Waals surface area contributed by atoms with Crippen LogP contribution in [0.4, 0.5) is 0 Å². The number of hydrogen-bond acceptors (Lipinski definition) is 2. The fraction of sp³-hybridized carbons (Fsp3) is 0.647. The van der Waals surface area contributed by atoms with Crippen LogP contribution in [0, 0.1) is 0 Å². The minimum Gasteiger partial charge on any atom is -0.228 e. The average molecular weight is 294 g/mol. The molecule has 1 aliphatic rings. The van der Waals surface area contributed by atoms with Gasteiger partial charge in [0.15, 0.2) is 9.84 Å². The third kappa shape index (κ3) is 4.34. The van der Waals surface area contributed by atoms with Gasteiger partial charge in [-0.3, -0.25) is 0 Å². The highest BCUT2D eigenvalue weighted by Crippen LogP contribution is 2.26. The zero-order valence-corrected chi connectivity index (χ0v) is 13.3. The number of aryl methyl sites for hydroxylation is 1. The molecule has 0 saturated heterocycles. The third-order valence-corrected chi connectivity index (χ3v) is 6.46. The lowest BCUT2D eigenvalue weighted by atomic mass is 10.0. The van der Waals surface area contributed by atoms with Crippen molar-refractivity contribution < 1.29 is 8.42 Å². The predicted octanol–water partition coefficient (Wildman–Crippen LogP) is 4.28. The second-order valence-electron chi connectivity index (χ2n) is 5.99. The largest absolute Gasteiger partial charge is 0.228 e. The third-order valence-electron chi connectivity index (χ3n) is 4.24. The Hall–Kier alpha value is -0.830. The first kappa shape index (κ1) is 15.6. The van der Waals surface area contributed by atoms with Crippen LogP contribution < -0.4 is 0 Å². The van der Waals surface area contributed by atoms with Crippen molar-refractivity contribution in [1.29, 1.82) is 0 Å². The lowest BCUT2D eigenvalue weighted by Crippen LogP contribution is -2.25. The summed E-state index contributed by atoms with van der Waals surface area (Å²) in [5.41, 5.74) is 2.23. The molecule has 1 fully saturated rings. The van der Waals surface area contributed by atoms with Gasteiger partial charge >= 0.3 is 0 Å². The van der Waals surface area contributed by atoms with Crippen molar-refractivity contribution >= 4 is 9.84 Å². The molecule has 2 rings (SSSR count). The van der Waals surface area contributed by atoms with Gasteiger partial charge in [-0.15, -0.1) is 0 Å². The first-order valence-corrected chi connectivity index (χ1v) is 9.63. The van der Waals surface area contributed by atoms with Gasteiger partial charge in [0.05, 0.1) is 11.0 Å². The van der Waals surface area contributed by atoms with Crippen molar-refractivity contribution in [2.45, 2.75) is 69.3 Å². The number of benzene rings is 1. The van der Waals surface area contributed by atoms with Gasteiger partial charge < -0.3 is 0 Å². The standard InChI is InChI=1S/C17H26O2S/c1-2-3-8-15-9-7-10-16(13-15)14-20(18,19)17-11-5-4-6-12-17/h7,9-10,13,17H,2-6,8,11-12,14H2,1H3. The van der Waals surface area contributed by atoms with Crippen molar-refractivity contribution in [3.63, 3.8) is 0 Å². The fourth-order valence-corrected chi connectivity index (χ4v) is 4.96. The predicted molar refractivity (Wildman–Crippen MR) is 84.6 cm³/mol. The van der Waals surface area contributed by atoms with Crippen LogP contribution in [0.1, 0.15) is 63.0 Å². The molecule has 1 aromatic carbocycles. The van der Waals surface area contributed by atoms with Crippen LogP contribution in [0.5, 0.6) is 0 Å². The Morgan fingerprint density at radius 3 is 2.50 bits per heavy atom. The molecule has 0 amide bonds. The molecule has 0 aromatic heterocycles.